The minimum atomic E-state index is -1.05. The van der Waals surface area contributed by atoms with Crippen LogP contribution < -0.4 is 4.74 Å². The van der Waals surface area contributed by atoms with Crippen molar-refractivity contribution < 1.29 is 14.6 Å². The van der Waals surface area contributed by atoms with Crippen molar-refractivity contribution in [3.8, 4) is 17.0 Å². The van der Waals surface area contributed by atoms with Crippen LogP contribution in [0.4, 0.5) is 0 Å². The summed E-state index contributed by atoms with van der Waals surface area (Å²) < 4.78 is 5.25. The van der Waals surface area contributed by atoms with E-state index in [4.69, 9.17) is 21.4 Å². The Morgan fingerprint density at radius 3 is 2.74 bits per heavy atom. The van der Waals surface area contributed by atoms with Crippen molar-refractivity contribution in [3.63, 3.8) is 0 Å². The second-order valence-electron chi connectivity index (χ2n) is 3.98. The predicted octanol–water partition coefficient (Wildman–Crippen LogP) is 3.00. The van der Waals surface area contributed by atoms with Crippen LogP contribution in [0, 0.1) is 0 Å². The minimum Gasteiger partial charge on any atom is -0.495 e. The molecule has 100 valence electrons. The van der Waals surface area contributed by atoms with Crippen LogP contribution in [0.3, 0.4) is 0 Å². The third kappa shape index (κ3) is 2.56. The summed E-state index contributed by atoms with van der Waals surface area (Å²) in [4.78, 5) is 10.8. The Kier molecular flexibility index (Phi) is 3.76. The Labute approximate surface area is 115 Å². The smallest absolute Gasteiger partial charge is 0.353 e. The fourth-order valence-electron chi connectivity index (χ4n) is 1.87. The van der Waals surface area contributed by atoms with Crippen molar-refractivity contribution in [2.45, 2.75) is 13.3 Å². The number of aromatic amines is 1. The first-order valence-electron chi connectivity index (χ1n) is 5.72. The van der Waals surface area contributed by atoms with Crippen LogP contribution in [-0.4, -0.2) is 28.4 Å². The molecule has 2 aromatic rings. The highest BCUT2D eigenvalue weighted by Crippen LogP contribution is 2.34. The summed E-state index contributed by atoms with van der Waals surface area (Å²) in [5.74, 6) is -0.406. The lowest BCUT2D eigenvalue weighted by Gasteiger charge is -2.10. The Balaban J connectivity index is 2.50. The second kappa shape index (κ2) is 5.32. The Morgan fingerprint density at radius 2 is 2.21 bits per heavy atom. The van der Waals surface area contributed by atoms with Crippen LogP contribution in [0.25, 0.3) is 11.3 Å². The Hall–Kier alpha value is -2.01. The number of nitrogens with zero attached hydrogens (tertiary/aromatic N) is 1. The maximum absolute atomic E-state index is 10.8. The summed E-state index contributed by atoms with van der Waals surface area (Å²) in [5, 5.41) is 15.8. The van der Waals surface area contributed by atoms with Gasteiger partial charge in [-0.25, -0.2) is 4.79 Å². The van der Waals surface area contributed by atoms with Crippen LogP contribution >= 0.6 is 11.6 Å². The lowest BCUT2D eigenvalue weighted by atomic mass is 10.0. The van der Waals surface area contributed by atoms with E-state index < -0.39 is 5.97 Å². The van der Waals surface area contributed by atoms with Gasteiger partial charge in [-0.15, -0.1) is 0 Å². The Morgan fingerprint density at radius 1 is 1.47 bits per heavy atom. The zero-order chi connectivity index (χ0) is 14.0. The topological polar surface area (TPSA) is 75.2 Å². The van der Waals surface area contributed by atoms with E-state index in [0.29, 0.717) is 16.5 Å². The van der Waals surface area contributed by atoms with Crippen LogP contribution in [0.1, 0.15) is 23.0 Å². The molecule has 2 N–H and O–H groups in total. The fraction of sp³-hybridized carbons (Fsp3) is 0.231. The predicted molar refractivity (Wildman–Crippen MR) is 71.9 cm³/mol. The molecular formula is C13H13ClN2O3. The van der Waals surface area contributed by atoms with E-state index >= 15 is 0 Å². The molecule has 1 aromatic heterocycles. The first kappa shape index (κ1) is 13.4. The van der Waals surface area contributed by atoms with Crippen molar-refractivity contribution in [2.24, 2.45) is 0 Å². The molecule has 19 heavy (non-hydrogen) atoms. The minimum absolute atomic E-state index is 0.0417. The zero-order valence-corrected chi connectivity index (χ0v) is 11.3. The largest absolute Gasteiger partial charge is 0.495 e. The van der Waals surface area contributed by atoms with Gasteiger partial charge in [0.2, 0.25) is 0 Å². The van der Waals surface area contributed by atoms with Gasteiger partial charge in [0, 0.05) is 5.56 Å². The van der Waals surface area contributed by atoms with E-state index in [1.165, 1.54) is 6.07 Å². The van der Waals surface area contributed by atoms with Crippen LogP contribution in [0.15, 0.2) is 18.2 Å². The molecule has 0 aliphatic carbocycles. The number of methoxy groups -OCH3 is 1. The SMILES string of the molecule is CCc1cc(-c2cc(C(=O)O)[nH]n2)cc(Cl)c1OC. The number of hydrogen-bond acceptors (Lipinski definition) is 3. The van der Waals surface area contributed by atoms with Crippen molar-refractivity contribution in [1.82, 2.24) is 10.2 Å². The molecule has 0 unspecified atom stereocenters. The monoisotopic (exact) mass is 280 g/mol. The number of aromatic carboxylic acids is 1. The molecule has 0 aliphatic rings. The molecule has 2 rings (SSSR count). The van der Waals surface area contributed by atoms with Gasteiger partial charge in [-0.3, -0.25) is 5.10 Å². The average molecular weight is 281 g/mol. The van der Waals surface area contributed by atoms with Gasteiger partial charge in [0.1, 0.15) is 11.4 Å². The molecule has 0 saturated heterocycles. The lowest BCUT2D eigenvalue weighted by molar-refractivity contribution is 0.0690. The normalized spacial score (nSPS) is 10.5. The van der Waals surface area contributed by atoms with Gasteiger partial charge in [0.15, 0.2) is 0 Å². The van der Waals surface area contributed by atoms with Crippen molar-refractivity contribution in [3.05, 3.63) is 34.5 Å². The number of carboxylic acid groups (broad SMARTS) is 1. The molecular weight excluding hydrogens is 268 g/mol. The number of carbonyl (C=O) groups is 1. The third-order valence-electron chi connectivity index (χ3n) is 2.81. The summed E-state index contributed by atoms with van der Waals surface area (Å²) in [6.07, 6.45) is 0.757. The third-order valence-corrected chi connectivity index (χ3v) is 3.09. The van der Waals surface area contributed by atoms with E-state index in [1.54, 1.807) is 13.2 Å². The number of H-pyrrole nitrogens is 1. The van der Waals surface area contributed by atoms with E-state index in [1.807, 2.05) is 13.0 Å². The molecule has 0 spiro atoms. The summed E-state index contributed by atoms with van der Waals surface area (Å²) in [6, 6.07) is 5.08. The van der Waals surface area contributed by atoms with Gasteiger partial charge in [-0.05, 0) is 30.2 Å². The molecule has 5 nitrogen and oxygen atoms in total. The number of ether oxygens (including phenoxy) is 1. The molecule has 1 heterocycles. The summed E-state index contributed by atoms with van der Waals surface area (Å²) in [5.41, 5.74) is 2.29. The summed E-state index contributed by atoms with van der Waals surface area (Å²) >= 11 is 6.15. The molecule has 0 amide bonds. The van der Waals surface area contributed by atoms with Crippen molar-refractivity contribution >= 4 is 17.6 Å². The number of nitrogens with one attached hydrogen (secondary N) is 1. The van der Waals surface area contributed by atoms with Gasteiger partial charge < -0.3 is 9.84 Å². The quantitative estimate of drug-likeness (QED) is 0.903. The summed E-state index contributed by atoms with van der Waals surface area (Å²) in [6.45, 7) is 1.99. The number of carboxylic acids is 1. The van der Waals surface area contributed by atoms with E-state index in [2.05, 4.69) is 10.2 Å². The molecule has 0 radical (unpaired) electrons. The van der Waals surface area contributed by atoms with Crippen molar-refractivity contribution in [1.29, 1.82) is 0 Å². The van der Waals surface area contributed by atoms with Crippen LogP contribution in [0.5, 0.6) is 5.75 Å². The lowest BCUT2D eigenvalue weighted by Crippen LogP contribution is -1.95. The van der Waals surface area contributed by atoms with Gasteiger partial charge >= 0.3 is 5.97 Å². The van der Waals surface area contributed by atoms with Gasteiger partial charge in [-0.1, -0.05) is 18.5 Å². The highest BCUT2D eigenvalue weighted by molar-refractivity contribution is 6.32. The number of aryl methyl sites for hydroxylation is 1. The van der Waals surface area contributed by atoms with Gasteiger partial charge in [0.25, 0.3) is 0 Å². The molecule has 1 aromatic carbocycles. The zero-order valence-electron chi connectivity index (χ0n) is 10.5. The molecule has 0 fully saturated rings. The Bertz CT molecular complexity index is 622. The first-order chi connectivity index (χ1) is 9.06. The molecule has 0 aliphatic heterocycles. The van der Waals surface area contributed by atoms with Gasteiger partial charge in [0.05, 0.1) is 17.8 Å². The van der Waals surface area contributed by atoms with Crippen LogP contribution in [-0.2, 0) is 6.42 Å². The average Bonchev–Trinajstić information content (AvgIpc) is 2.87. The fourth-order valence-corrected chi connectivity index (χ4v) is 2.18. The van der Waals surface area contributed by atoms with E-state index in [-0.39, 0.29) is 5.69 Å². The molecule has 6 heteroatoms. The number of halogens is 1. The van der Waals surface area contributed by atoms with Crippen molar-refractivity contribution in [2.75, 3.05) is 7.11 Å². The first-order valence-corrected chi connectivity index (χ1v) is 6.10. The van der Waals surface area contributed by atoms with Crippen LogP contribution in [0.2, 0.25) is 5.02 Å². The number of rotatable bonds is 4. The second-order valence-corrected chi connectivity index (χ2v) is 4.38. The van der Waals surface area contributed by atoms with E-state index in [0.717, 1.165) is 17.5 Å². The molecule has 0 bridgehead atoms. The summed E-state index contributed by atoms with van der Waals surface area (Å²) in [7, 11) is 1.57. The standard InChI is InChI=1S/C13H13ClN2O3/c1-3-7-4-8(5-9(14)12(7)19-2)10-6-11(13(17)18)16-15-10/h4-6H,3H2,1-2H3,(H,15,16)(H,17,18). The van der Waals surface area contributed by atoms with Gasteiger partial charge in [-0.2, -0.15) is 5.10 Å². The van der Waals surface area contributed by atoms with E-state index in [9.17, 15) is 4.79 Å². The maximum Gasteiger partial charge on any atom is 0.353 e. The number of benzene rings is 1. The number of aromatic nitrogens is 2. The number of hydrogen-bond donors (Lipinski definition) is 2. The highest BCUT2D eigenvalue weighted by Gasteiger charge is 2.13. The maximum atomic E-state index is 10.8. The molecule has 0 saturated carbocycles. The molecule has 0 atom stereocenters. The highest BCUT2D eigenvalue weighted by atomic mass is 35.5.